The number of fused-ring (bicyclic) bond motifs is 1. The lowest BCUT2D eigenvalue weighted by atomic mass is 9.87. The third-order valence-electron chi connectivity index (χ3n) is 5.42. The van der Waals surface area contributed by atoms with Crippen molar-refractivity contribution in [3.63, 3.8) is 0 Å². The second-order valence-corrected chi connectivity index (χ2v) is 7.39. The summed E-state index contributed by atoms with van der Waals surface area (Å²) >= 11 is 0. The minimum absolute atomic E-state index is 0.00267. The molecule has 0 spiro atoms. The Labute approximate surface area is 171 Å². The molecule has 3 aromatic rings. The Morgan fingerprint density at radius 3 is 2.55 bits per heavy atom. The van der Waals surface area contributed by atoms with E-state index in [0.29, 0.717) is 17.9 Å². The number of anilines is 1. The van der Waals surface area contributed by atoms with E-state index in [4.69, 9.17) is 4.74 Å². The lowest BCUT2D eigenvalue weighted by Crippen LogP contribution is -2.41. The molecule has 0 radical (unpaired) electrons. The number of nitrogens with zero attached hydrogens (tertiary/aromatic N) is 3. The molecule has 4 rings (SSSR count). The van der Waals surface area contributed by atoms with Crippen molar-refractivity contribution in [3.8, 4) is 5.75 Å². The molecule has 0 aliphatic carbocycles. The van der Waals surface area contributed by atoms with Crippen LogP contribution in [0.15, 0.2) is 66.9 Å². The molecule has 29 heavy (non-hydrogen) atoms. The zero-order valence-corrected chi connectivity index (χ0v) is 17.0. The molecule has 1 aromatic heterocycles. The van der Waals surface area contributed by atoms with Crippen LogP contribution in [0.25, 0.3) is 0 Å². The largest absolute Gasteiger partial charge is 0.497 e. The van der Waals surface area contributed by atoms with Crippen LogP contribution in [0.4, 0.5) is 5.82 Å². The van der Waals surface area contributed by atoms with Gasteiger partial charge in [0, 0.05) is 26.8 Å². The predicted octanol–water partition coefficient (Wildman–Crippen LogP) is 3.94. The van der Waals surface area contributed by atoms with E-state index >= 15 is 0 Å². The molecular weight excluding hydrogens is 362 g/mol. The minimum Gasteiger partial charge on any atom is -0.497 e. The van der Waals surface area contributed by atoms with Gasteiger partial charge in [0.05, 0.1) is 18.7 Å². The number of carbonyl (C=O) groups is 1. The third-order valence-corrected chi connectivity index (χ3v) is 5.42. The second-order valence-electron chi connectivity index (χ2n) is 7.39. The normalized spacial score (nSPS) is 15.6. The Morgan fingerprint density at radius 1 is 1.07 bits per heavy atom. The van der Waals surface area contributed by atoms with Crippen LogP contribution in [-0.4, -0.2) is 43.5 Å². The van der Waals surface area contributed by atoms with Crippen molar-refractivity contribution in [1.29, 1.82) is 0 Å². The third kappa shape index (κ3) is 3.56. The van der Waals surface area contributed by atoms with Gasteiger partial charge in [-0.15, -0.1) is 0 Å². The summed E-state index contributed by atoms with van der Waals surface area (Å²) in [6, 6.07) is 19.9. The average molecular weight is 387 g/mol. The van der Waals surface area contributed by atoms with E-state index in [2.05, 4.69) is 23.2 Å². The molecular formula is C24H25N3O2. The van der Waals surface area contributed by atoms with E-state index in [1.807, 2.05) is 66.4 Å². The van der Waals surface area contributed by atoms with Gasteiger partial charge in [0.1, 0.15) is 11.6 Å². The molecule has 0 fully saturated rings. The molecule has 148 valence electrons. The standard InChI is InChI=1S/C24H25N3O2/c1-26(2)23-21(9-6-15-25-23)24(28)27-16-14-17-7-4-5-8-20(17)22(27)18-10-12-19(29-3)13-11-18/h4-13,15,22H,14,16H2,1-3H3. The monoisotopic (exact) mass is 387 g/mol. The van der Waals surface area contributed by atoms with Crippen molar-refractivity contribution < 1.29 is 9.53 Å². The SMILES string of the molecule is COc1ccc(C2c3ccccc3CCN2C(=O)c2cccnc2N(C)C)cc1. The van der Waals surface area contributed by atoms with Gasteiger partial charge in [0.25, 0.3) is 5.91 Å². The van der Waals surface area contributed by atoms with Crippen LogP contribution in [0, 0.1) is 0 Å². The summed E-state index contributed by atoms with van der Waals surface area (Å²) in [4.78, 5) is 21.9. The summed E-state index contributed by atoms with van der Waals surface area (Å²) in [5, 5.41) is 0. The predicted molar refractivity (Wildman–Crippen MR) is 115 cm³/mol. The molecule has 2 heterocycles. The first-order valence-corrected chi connectivity index (χ1v) is 9.75. The van der Waals surface area contributed by atoms with Crippen LogP contribution in [0.1, 0.15) is 33.1 Å². The van der Waals surface area contributed by atoms with Crippen LogP contribution >= 0.6 is 0 Å². The van der Waals surface area contributed by atoms with E-state index in [0.717, 1.165) is 17.7 Å². The van der Waals surface area contributed by atoms with Gasteiger partial charge in [-0.25, -0.2) is 4.98 Å². The summed E-state index contributed by atoms with van der Waals surface area (Å²) in [6.07, 6.45) is 2.56. The Hall–Kier alpha value is -3.34. The highest BCUT2D eigenvalue weighted by molar-refractivity contribution is 5.99. The molecule has 1 amide bonds. The number of benzene rings is 2. The number of ether oxygens (including phenoxy) is 1. The van der Waals surface area contributed by atoms with Gasteiger partial charge in [-0.1, -0.05) is 36.4 Å². The van der Waals surface area contributed by atoms with Gasteiger partial charge >= 0.3 is 0 Å². The molecule has 1 unspecified atom stereocenters. The first-order chi connectivity index (χ1) is 14.1. The van der Waals surface area contributed by atoms with Crippen LogP contribution in [0.2, 0.25) is 0 Å². The summed E-state index contributed by atoms with van der Waals surface area (Å²) in [7, 11) is 5.48. The summed E-state index contributed by atoms with van der Waals surface area (Å²) in [5.74, 6) is 1.49. The van der Waals surface area contributed by atoms with E-state index < -0.39 is 0 Å². The molecule has 0 saturated heterocycles. The molecule has 1 atom stereocenters. The highest BCUT2D eigenvalue weighted by atomic mass is 16.5. The van der Waals surface area contributed by atoms with Crippen LogP contribution < -0.4 is 9.64 Å². The van der Waals surface area contributed by atoms with Gasteiger partial charge < -0.3 is 14.5 Å². The molecule has 0 bridgehead atoms. The quantitative estimate of drug-likeness (QED) is 0.680. The van der Waals surface area contributed by atoms with Crippen molar-refractivity contribution in [1.82, 2.24) is 9.88 Å². The lowest BCUT2D eigenvalue weighted by Gasteiger charge is -2.38. The molecule has 0 N–H and O–H groups in total. The second kappa shape index (κ2) is 7.95. The zero-order chi connectivity index (χ0) is 20.4. The number of methoxy groups -OCH3 is 1. The Kier molecular flexibility index (Phi) is 5.21. The van der Waals surface area contributed by atoms with Crippen LogP contribution in [-0.2, 0) is 6.42 Å². The topological polar surface area (TPSA) is 45.7 Å². The van der Waals surface area contributed by atoms with Gasteiger partial charge in [-0.3, -0.25) is 4.79 Å². The van der Waals surface area contributed by atoms with Crippen LogP contribution in [0.5, 0.6) is 5.75 Å². The van der Waals surface area contributed by atoms with Crippen molar-refractivity contribution in [2.75, 3.05) is 32.6 Å². The van der Waals surface area contributed by atoms with Crippen molar-refractivity contribution in [2.24, 2.45) is 0 Å². The van der Waals surface area contributed by atoms with E-state index in [1.54, 1.807) is 13.3 Å². The number of aromatic nitrogens is 1. The fraction of sp³-hybridized carbons (Fsp3) is 0.250. The smallest absolute Gasteiger partial charge is 0.258 e. The molecule has 0 saturated carbocycles. The maximum atomic E-state index is 13.7. The highest BCUT2D eigenvalue weighted by Gasteiger charge is 2.33. The fourth-order valence-corrected chi connectivity index (χ4v) is 4.01. The van der Waals surface area contributed by atoms with E-state index in [-0.39, 0.29) is 11.9 Å². The minimum atomic E-state index is -0.145. The molecule has 1 aliphatic heterocycles. The van der Waals surface area contributed by atoms with Gasteiger partial charge in [-0.05, 0) is 47.4 Å². The number of amides is 1. The van der Waals surface area contributed by atoms with Gasteiger partial charge in [0.15, 0.2) is 0 Å². The highest BCUT2D eigenvalue weighted by Crippen LogP contribution is 2.37. The Morgan fingerprint density at radius 2 is 1.83 bits per heavy atom. The van der Waals surface area contributed by atoms with E-state index in [9.17, 15) is 4.79 Å². The van der Waals surface area contributed by atoms with Crippen LogP contribution in [0.3, 0.4) is 0 Å². The summed E-state index contributed by atoms with van der Waals surface area (Å²) in [5.41, 5.74) is 4.15. The summed E-state index contributed by atoms with van der Waals surface area (Å²) < 4.78 is 5.32. The number of rotatable bonds is 4. The summed E-state index contributed by atoms with van der Waals surface area (Å²) in [6.45, 7) is 0.661. The average Bonchev–Trinajstić information content (AvgIpc) is 2.78. The van der Waals surface area contributed by atoms with Crippen molar-refractivity contribution in [3.05, 3.63) is 89.1 Å². The zero-order valence-electron chi connectivity index (χ0n) is 17.0. The molecule has 5 heteroatoms. The first kappa shape index (κ1) is 19.0. The number of hydrogen-bond donors (Lipinski definition) is 0. The first-order valence-electron chi connectivity index (χ1n) is 9.75. The maximum absolute atomic E-state index is 13.7. The van der Waals surface area contributed by atoms with Crippen molar-refractivity contribution in [2.45, 2.75) is 12.5 Å². The van der Waals surface area contributed by atoms with Gasteiger partial charge in [0.2, 0.25) is 0 Å². The van der Waals surface area contributed by atoms with Gasteiger partial charge in [-0.2, -0.15) is 0 Å². The number of hydrogen-bond acceptors (Lipinski definition) is 4. The lowest BCUT2D eigenvalue weighted by molar-refractivity contribution is 0.0695. The fourth-order valence-electron chi connectivity index (χ4n) is 4.01. The number of pyridine rings is 1. The maximum Gasteiger partial charge on any atom is 0.258 e. The number of carbonyl (C=O) groups excluding carboxylic acids is 1. The van der Waals surface area contributed by atoms with Crippen molar-refractivity contribution >= 4 is 11.7 Å². The van der Waals surface area contributed by atoms with E-state index in [1.165, 1.54) is 11.1 Å². The Bertz CT molecular complexity index is 1010. The Balaban J connectivity index is 1.80. The molecule has 5 nitrogen and oxygen atoms in total. The molecule has 2 aromatic carbocycles. The molecule has 1 aliphatic rings.